The fraction of sp³-hybridized carbons (Fsp3) is 0.0769. The summed E-state index contributed by atoms with van der Waals surface area (Å²) in [5.74, 6) is 0. The maximum absolute atomic E-state index is 8.95. The van der Waals surface area contributed by atoms with Crippen LogP contribution in [0.15, 0.2) is 46.7 Å². The smallest absolute Gasteiger partial charge is 0.221 e. The highest BCUT2D eigenvalue weighted by molar-refractivity contribution is 7.99. The normalized spacial score (nSPS) is 10.3. The first-order chi connectivity index (χ1) is 10.3. The Labute approximate surface area is 124 Å². The van der Waals surface area contributed by atoms with Gasteiger partial charge < -0.3 is 0 Å². The number of rotatable bonds is 3. The Morgan fingerprint density at radius 1 is 1.19 bits per heavy atom. The van der Waals surface area contributed by atoms with Crippen LogP contribution in [-0.4, -0.2) is 30.2 Å². The van der Waals surface area contributed by atoms with Crippen molar-refractivity contribution in [3.8, 4) is 11.8 Å². The van der Waals surface area contributed by atoms with Gasteiger partial charge in [0.1, 0.15) is 11.8 Å². The summed E-state index contributed by atoms with van der Waals surface area (Å²) < 4.78 is 1.60. The molecule has 1 aromatic carbocycles. The fourth-order valence-corrected chi connectivity index (χ4v) is 2.50. The Morgan fingerprint density at radius 2 is 2.00 bits per heavy atom. The van der Waals surface area contributed by atoms with Gasteiger partial charge >= 0.3 is 0 Å². The van der Waals surface area contributed by atoms with Crippen molar-refractivity contribution in [2.75, 3.05) is 0 Å². The van der Waals surface area contributed by atoms with E-state index in [1.54, 1.807) is 10.7 Å². The van der Waals surface area contributed by atoms with Gasteiger partial charge in [0.2, 0.25) is 5.16 Å². The van der Waals surface area contributed by atoms with Crippen molar-refractivity contribution >= 4 is 11.8 Å². The van der Waals surface area contributed by atoms with Gasteiger partial charge in [-0.15, -0.1) is 5.10 Å². The molecule has 0 radical (unpaired) electrons. The fourth-order valence-electron chi connectivity index (χ4n) is 1.70. The Hall–Kier alpha value is -2.79. The molecule has 21 heavy (non-hydrogen) atoms. The number of hydrogen-bond acceptors (Lipinski definition) is 7. The maximum Gasteiger partial charge on any atom is 0.221 e. The SMILES string of the molecule is Cc1cc(C#N)nc(Sc2nnnn2-c2ccccc2)n1. The quantitative estimate of drug-likeness (QED) is 0.680. The lowest BCUT2D eigenvalue weighted by Gasteiger charge is -2.03. The second-order valence-corrected chi connectivity index (χ2v) is 5.03. The van der Waals surface area contributed by atoms with E-state index in [1.807, 2.05) is 43.3 Å². The topological polar surface area (TPSA) is 93.2 Å². The molecular weight excluding hydrogens is 286 g/mol. The molecule has 3 aromatic rings. The van der Waals surface area contributed by atoms with E-state index >= 15 is 0 Å². The molecule has 7 nitrogen and oxygen atoms in total. The molecule has 0 amide bonds. The minimum Gasteiger partial charge on any atom is -0.227 e. The average molecular weight is 295 g/mol. The van der Waals surface area contributed by atoms with Crippen LogP contribution in [0, 0.1) is 18.3 Å². The number of hydrogen-bond donors (Lipinski definition) is 0. The van der Waals surface area contributed by atoms with Crippen molar-refractivity contribution in [1.82, 2.24) is 30.2 Å². The van der Waals surface area contributed by atoms with Crippen LogP contribution < -0.4 is 0 Å². The first-order valence-corrected chi connectivity index (χ1v) is 6.85. The Morgan fingerprint density at radius 3 is 2.76 bits per heavy atom. The van der Waals surface area contributed by atoms with E-state index in [2.05, 4.69) is 25.5 Å². The van der Waals surface area contributed by atoms with Gasteiger partial charge in [-0.2, -0.15) is 9.94 Å². The molecule has 0 aliphatic carbocycles. The van der Waals surface area contributed by atoms with Gasteiger partial charge in [0.15, 0.2) is 5.16 Å². The Kier molecular flexibility index (Phi) is 3.57. The van der Waals surface area contributed by atoms with Crippen molar-refractivity contribution in [3.63, 3.8) is 0 Å². The van der Waals surface area contributed by atoms with E-state index in [4.69, 9.17) is 5.26 Å². The van der Waals surface area contributed by atoms with Gasteiger partial charge in [-0.1, -0.05) is 18.2 Å². The summed E-state index contributed by atoms with van der Waals surface area (Å²) in [6, 6.07) is 13.2. The van der Waals surface area contributed by atoms with E-state index < -0.39 is 0 Å². The molecule has 0 aliphatic rings. The van der Waals surface area contributed by atoms with Crippen LogP contribution >= 0.6 is 11.8 Å². The van der Waals surface area contributed by atoms with Crippen LogP contribution in [0.5, 0.6) is 0 Å². The van der Waals surface area contributed by atoms with Gasteiger partial charge in [-0.05, 0) is 47.3 Å². The predicted octanol–water partition coefficient (Wildman–Crippen LogP) is 1.78. The second-order valence-electron chi connectivity index (χ2n) is 4.10. The van der Waals surface area contributed by atoms with Crippen molar-refractivity contribution < 1.29 is 0 Å². The van der Waals surface area contributed by atoms with Gasteiger partial charge in [0.25, 0.3) is 0 Å². The molecule has 0 aliphatic heterocycles. The Balaban J connectivity index is 1.95. The lowest BCUT2D eigenvalue weighted by Crippen LogP contribution is -2.00. The summed E-state index contributed by atoms with van der Waals surface area (Å²) >= 11 is 1.21. The van der Waals surface area contributed by atoms with E-state index in [-0.39, 0.29) is 0 Å². The van der Waals surface area contributed by atoms with E-state index in [1.165, 1.54) is 11.8 Å². The standard InChI is InChI=1S/C13H9N7S/c1-9-7-10(8-14)16-12(15-9)21-13-17-18-19-20(13)11-5-3-2-4-6-11/h2-7H,1H3. The zero-order chi connectivity index (χ0) is 14.7. The van der Waals surface area contributed by atoms with Crippen LogP contribution in [-0.2, 0) is 0 Å². The van der Waals surface area contributed by atoms with E-state index in [9.17, 15) is 0 Å². The second kappa shape index (κ2) is 5.68. The maximum atomic E-state index is 8.95. The summed E-state index contributed by atoms with van der Waals surface area (Å²) in [4.78, 5) is 8.43. The number of para-hydroxylation sites is 1. The molecule has 2 heterocycles. The van der Waals surface area contributed by atoms with E-state index in [0.717, 1.165) is 11.4 Å². The van der Waals surface area contributed by atoms with Gasteiger partial charge in [0, 0.05) is 5.69 Å². The predicted molar refractivity (Wildman–Crippen MR) is 74.8 cm³/mol. The van der Waals surface area contributed by atoms with Gasteiger partial charge in [0.05, 0.1) is 5.69 Å². The molecule has 0 N–H and O–H groups in total. The first-order valence-electron chi connectivity index (χ1n) is 6.04. The molecule has 0 spiro atoms. The highest BCUT2D eigenvalue weighted by Gasteiger charge is 2.12. The summed E-state index contributed by atoms with van der Waals surface area (Å²) in [6.07, 6.45) is 0. The molecule has 8 heteroatoms. The van der Waals surface area contributed by atoms with E-state index in [0.29, 0.717) is 16.0 Å². The molecular formula is C13H9N7S. The number of aromatic nitrogens is 6. The van der Waals surface area contributed by atoms with Crippen LogP contribution in [0.25, 0.3) is 5.69 Å². The highest BCUT2D eigenvalue weighted by Crippen LogP contribution is 2.24. The van der Waals surface area contributed by atoms with Crippen LogP contribution in [0.1, 0.15) is 11.4 Å². The number of tetrazole rings is 1. The monoisotopic (exact) mass is 295 g/mol. The third-order valence-electron chi connectivity index (χ3n) is 2.57. The number of aryl methyl sites for hydroxylation is 1. The van der Waals surface area contributed by atoms with Crippen molar-refractivity contribution in [2.45, 2.75) is 17.2 Å². The lowest BCUT2D eigenvalue weighted by molar-refractivity contribution is 0.754. The summed E-state index contributed by atoms with van der Waals surface area (Å²) in [7, 11) is 0. The first kappa shape index (κ1) is 13.2. The molecule has 0 atom stereocenters. The summed E-state index contributed by atoms with van der Waals surface area (Å²) in [5.41, 5.74) is 1.89. The van der Waals surface area contributed by atoms with Crippen LogP contribution in [0.3, 0.4) is 0 Å². The minimum atomic E-state index is 0.323. The molecule has 102 valence electrons. The molecule has 0 fully saturated rings. The number of benzene rings is 1. The van der Waals surface area contributed by atoms with Crippen molar-refractivity contribution in [3.05, 3.63) is 47.8 Å². The summed E-state index contributed by atoms with van der Waals surface area (Å²) in [6.45, 7) is 1.81. The third kappa shape index (κ3) is 2.88. The molecule has 2 aromatic heterocycles. The molecule has 0 unspecified atom stereocenters. The summed E-state index contributed by atoms with van der Waals surface area (Å²) in [5, 5.41) is 21.5. The van der Waals surface area contributed by atoms with Crippen molar-refractivity contribution in [1.29, 1.82) is 5.26 Å². The van der Waals surface area contributed by atoms with Crippen LogP contribution in [0.2, 0.25) is 0 Å². The molecule has 0 saturated carbocycles. The van der Waals surface area contributed by atoms with Gasteiger partial charge in [-0.3, -0.25) is 0 Å². The molecule has 3 rings (SSSR count). The van der Waals surface area contributed by atoms with Crippen molar-refractivity contribution in [2.24, 2.45) is 0 Å². The zero-order valence-electron chi connectivity index (χ0n) is 11.0. The Bertz CT molecular complexity index is 807. The number of nitriles is 1. The minimum absolute atomic E-state index is 0.323. The van der Waals surface area contributed by atoms with Crippen LogP contribution in [0.4, 0.5) is 0 Å². The van der Waals surface area contributed by atoms with Gasteiger partial charge in [-0.25, -0.2) is 9.97 Å². The average Bonchev–Trinajstić information content (AvgIpc) is 2.95. The zero-order valence-corrected chi connectivity index (χ0v) is 11.8. The molecule has 0 saturated heterocycles. The lowest BCUT2D eigenvalue weighted by atomic mass is 10.3. The molecule has 0 bridgehead atoms. The number of nitrogens with zero attached hydrogens (tertiary/aromatic N) is 7. The third-order valence-corrected chi connectivity index (χ3v) is 3.37. The largest absolute Gasteiger partial charge is 0.227 e. The highest BCUT2D eigenvalue weighted by atomic mass is 32.2.